The summed E-state index contributed by atoms with van der Waals surface area (Å²) in [5, 5.41) is 2.78. The average molecular weight is 309 g/mol. The van der Waals surface area contributed by atoms with Gasteiger partial charge in [0.2, 0.25) is 5.91 Å². The van der Waals surface area contributed by atoms with E-state index in [1.165, 1.54) is 18.7 Å². The number of methoxy groups -OCH3 is 1. The molecule has 2 aromatic carbocycles. The van der Waals surface area contributed by atoms with E-state index < -0.39 is 5.97 Å². The fraction of sp³-hybridized carbons (Fsp3) is 0.158. The molecule has 0 aliphatic carbocycles. The molecule has 4 heteroatoms. The van der Waals surface area contributed by atoms with Gasteiger partial charge < -0.3 is 10.1 Å². The van der Waals surface area contributed by atoms with Gasteiger partial charge in [-0.3, -0.25) is 4.79 Å². The molecule has 2 aromatic rings. The summed E-state index contributed by atoms with van der Waals surface area (Å²) in [6.07, 6.45) is 3.21. The number of amides is 1. The van der Waals surface area contributed by atoms with Crippen LogP contribution in [0.25, 0.3) is 6.08 Å². The van der Waals surface area contributed by atoms with Crippen molar-refractivity contribution in [2.24, 2.45) is 0 Å². The van der Waals surface area contributed by atoms with E-state index in [4.69, 9.17) is 0 Å². The molecule has 118 valence electrons. The van der Waals surface area contributed by atoms with E-state index in [2.05, 4.69) is 10.1 Å². The van der Waals surface area contributed by atoms with Gasteiger partial charge in [0.25, 0.3) is 0 Å². The molecular weight excluding hydrogens is 290 g/mol. The van der Waals surface area contributed by atoms with Gasteiger partial charge in [0.15, 0.2) is 0 Å². The molecule has 0 saturated carbocycles. The van der Waals surface area contributed by atoms with Crippen LogP contribution in [0, 0.1) is 13.8 Å². The molecule has 0 heterocycles. The molecule has 1 amide bonds. The summed E-state index contributed by atoms with van der Waals surface area (Å²) in [6, 6.07) is 12.9. The summed E-state index contributed by atoms with van der Waals surface area (Å²) in [6.45, 7) is 3.87. The van der Waals surface area contributed by atoms with E-state index in [9.17, 15) is 9.59 Å². The first-order valence-electron chi connectivity index (χ1n) is 7.24. The lowest BCUT2D eigenvalue weighted by Gasteiger charge is -2.08. The summed E-state index contributed by atoms with van der Waals surface area (Å²) < 4.78 is 4.69. The van der Waals surface area contributed by atoms with Crippen molar-refractivity contribution in [3.8, 4) is 0 Å². The number of carbonyl (C=O) groups is 2. The van der Waals surface area contributed by atoms with Gasteiger partial charge >= 0.3 is 5.97 Å². The maximum Gasteiger partial charge on any atom is 0.337 e. The number of carbonyl (C=O) groups excluding carboxylic acids is 2. The van der Waals surface area contributed by atoms with Crippen LogP contribution < -0.4 is 5.32 Å². The Morgan fingerprint density at radius 3 is 2.39 bits per heavy atom. The molecule has 0 aliphatic rings. The molecule has 0 saturated heterocycles. The van der Waals surface area contributed by atoms with Crippen molar-refractivity contribution in [2.75, 3.05) is 12.4 Å². The molecule has 0 atom stereocenters. The number of nitrogens with one attached hydrogen (secondary N) is 1. The molecule has 23 heavy (non-hydrogen) atoms. The lowest BCUT2D eigenvalue weighted by Crippen LogP contribution is -2.10. The van der Waals surface area contributed by atoms with E-state index in [1.807, 2.05) is 38.1 Å². The number of hydrogen-bond donors (Lipinski definition) is 1. The smallest absolute Gasteiger partial charge is 0.337 e. The average Bonchev–Trinajstić information content (AvgIpc) is 2.55. The van der Waals surface area contributed by atoms with Gasteiger partial charge in [-0.15, -0.1) is 0 Å². The highest BCUT2D eigenvalue weighted by Gasteiger charge is 2.09. The molecule has 0 aromatic heterocycles. The van der Waals surface area contributed by atoms with E-state index in [-0.39, 0.29) is 5.91 Å². The second-order valence-electron chi connectivity index (χ2n) is 5.25. The van der Waals surface area contributed by atoms with Crippen LogP contribution in [-0.2, 0) is 9.53 Å². The van der Waals surface area contributed by atoms with Crippen LogP contribution in [0.5, 0.6) is 0 Å². The predicted molar refractivity (Wildman–Crippen MR) is 91.4 cm³/mol. The van der Waals surface area contributed by atoms with Crippen LogP contribution >= 0.6 is 0 Å². The van der Waals surface area contributed by atoms with Crippen LogP contribution in [-0.4, -0.2) is 19.0 Å². The third kappa shape index (κ3) is 4.54. The second-order valence-corrected chi connectivity index (χ2v) is 5.25. The molecule has 0 fully saturated rings. The largest absolute Gasteiger partial charge is 0.465 e. The fourth-order valence-corrected chi connectivity index (χ4v) is 2.03. The van der Waals surface area contributed by atoms with Gasteiger partial charge in [-0.25, -0.2) is 4.79 Å². The molecule has 0 radical (unpaired) electrons. The van der Waals surface area contributed by atoms with Crippen LogP contribution in [0.2, 0.25) is 0 Å². The standard InChI is InChI=1S/C19H19NO3/c1-13-4-7-15(8-5-13)9-11-18(21)20-17-12-16(19(22)23-3)10-6-14(17)2/h4-12H,1-3H3,(H,20,21)/b11-9+. The zero-order chi connectivity index (χ0) is 16.8. The minimum Gasteiger partial charge on any atom is -0.465 e. The van der Waals surface area contributed by atoms with Gasteiger partial charge in [0.05, 0.1) is 12.7 Å². The number of hydrogen-bond acceptors (Lipinski definition) is 3. The van der Waals surface area contributed by atoms with Crippen LogP contribution in [0.15, 0.2) is 48.5 Å². The second kappa shape index (κ2) is 7.40. The highest BCUT2D eigenvalue weighted by atomic mass is 16.5. The normalized spacial score (nSPS) is 10.6. The van der Waals surface area contributed by atoms with Crippen molar-refractivity contribution in [3.63, 3.8) is 0 Å². The van der Waals surface area contributed by atoms with Crippen molar-refractivity contribution in [1.82, 2.24) is 0 Å². The SMILES string of the molecule is COC(=O)c1ccc(C)c(NC(=O)/C=C/c2ccc(C)cc2)c1. The Hall–Kier alpha value is -2.88. The number of rotatable bonds is 4. The van der Waals surface area contributed by atoms with Crippen molar-refractivity contribution in [1.29, 1.82) is 0 Å². The van der Waals surface area contributed by atoms with Gasteiger partial charge in [-0.05, 0) is 43.2 Å². The third-order valence-electron chi connectivity index (χ3n) is 3.42. The predicted octanol–water partition coefficient (Wildman–Crippen LogP) is 3.74. The van der Waals surface area contributed by atoms with Crippen molar-refractivity contribution >= 4 is 23.6 Å². The third-order valence-corrected chi connectivity index (χ3v) is 3.42. The number of aryl methyl sites for hydroxylation is 2. The maximum atomic E-state index is 12.0. The highest BCUT2D eigenvalue weighted by Crippen LogP contribution is 2.17. The van der Waals surface area contributed by atoms with Gasteiger partial charge in [0.1, 0.15) is 0 Å². The van der Waals surface area contributed by atoms with Crippen LogP contribution in [0.4, 0.5) is 5.69 Å². The molecule has 4 nitrogen and oxygen atoms in total. The first kappa shape index (κ1) is 16.5. The maximum absolute atomic E-state index is 12.0. The Bertz CT molecular complexity index is 746. The fourth-order valence-electron chi connectivity index (χ4n) is 2.03. The van der Waals surface area contributed by atoms with E-state index in [0.29, 0.717) is 11.3 Å². The van der Waals surface area contributed by atoms with E-state index >= 15 is 0 Å². The summed E-state index contributed by atoms with van der Waals surface area (Å²) in [4.78, 5) is 23.6. The summed E-state index contributed by atoms with van der Waals surface area (Å²) in [5.74, 6) is -0.689. The lowest BCUT2D eigenvalue weighted by molar-refractivity contribution is -0.111. The first-order valence-corrected chi connectivity index (χ1v) is 7.24. The van der Waals surface area contributed by atoms with E-state index in [0.717, 1.165) is 11.1 Å². The minimum atomic E-state index is -0.435. The molecule has 2 rings (SSSR count). The first-order chi connectivity index (χ1) is 11.0. The number of benzene rings is 2. The summed E-state index contributed by atoms with van der Waals surface area (Å²) in [7, 11) is 1.32. The van der Waals surface area contributed by atoms with Gasteiger partial charge in [-0.1, -0.05) is 35.9 Å². The quantitative estimate of drug-likeness (QED) is 0.691. The number of anilines is 1. The monoisotopic (exact) mass is 309 g/mol. The molecule has 0 bridgehead atoms. The van der Waals surface area contributed by atoms with Crippen molar-refractivity contribution < 1.29 is 14.3 Å². The Labute approximate surface area is 135 Å². The Morgan fingerprint density at radius 1 is 1.04 bits per heavy atom. The number of ether oxygens (including phenoxy) is 1. The zero-order valence-corrected chi connectivity index (χ0v) is 13.4. The minimum absolute atomic E-state index is 0.254. The van der Waals surface area contributed by atoms with E-state index in [1.54, 1.807) is 24.3 Å². The molecule has 0 unspecified atom stereocenters. The molecular formula is C19H19NO3. The topological polar surface area (TPSA) is 55.4 Å². The lowest BCUT2D eigenvalue weighted by atomic mass is 10.1. The Morgan fingerprint density at radius 2 is 1.74 bits per heavy atom. The van der Waals surface area contributed by atoms with Gasteiger partial charge in [0, 0.05) is 11.8 Å². The molecule has 0 spiro atoms. The molecule has 0 aliphatic heterocycles. The Balaban J connectivity index is 2.10. The Kier molecular flexibility index (Phi) is 5.31. The summed E-state index contributed by atoms with van der Waals surface area (Å²) in [5.41, 5.74) is 3.98. The number of esters is 1. The summed E-state index contributed by atoms with van der Waals surface area (Å²) >= 11 is 0. The van der Waals surface area contributed by atoms with Crippen molar-refractivity contribution in [3.05, 3.63) is 70.8 Å². The molecule has 1 N–H and O–H groups in total. The highest BCUT2D eigenvalue weighted by molar-refractivity contribution is 6.03. The van der Waals surface area contributed by atoms with Crippen LogP contribution in [0.1, 0.15) is 27.0 Å². The zero-order valence-electron chi connectivity index (χ0n) is 13.4. The van der Waals surface area contributed by atoms with Crippen LogP contribution in [0.3, 0.4) is 0 Å². The van der Waals surface area contributed by atoms with Gasteiger partial charge in [-0.2, -0.15) is 0 Å². The van der Waals surface area contributed by atoms with Crippen molar-refractivity contribution in [2.45, 2.75) is 13.8 Å².